The summed E-state index contributed by atoms with van der Waals surface area (Å²) in [6.07, 6.45) is 41.7. The van der Waals surface area contributed by atoms with Gasteiger partial charge in [0, 0.05) is 12.8 Å². The minimum absolute atomic E-state index is 0.00642. The number of esters is 1. The number of hydrogen-bond donors (Lipinski definition) is 0. The van der Waals surface area contributed by atoms with Crippen molar-refractivity contribution in [3.8, 4) is 0 Å². The molecule has 0 aromatic heterocycles. The van der Waals surface area contributed by atoms with E-state index in [1.165, 1.54) is 70.6 Å². The Morgan fingerprint density at radius 1 is 0.648 bits per heavy atom. The van der Waals surface area contributed by atoms with Gasteiger partial charge in [-0.05, 0) is 57.1 Å². The Kier molecular flexibility index (Phi) is 34.8. The van der Waals surface area contributed by atoms with Crippen LogP contribution in [0.25, 0.3) is 0 Å². The van der Waals surface area contributed by atoms with Crippen LogP contribution in [-0.2, 0) is 32.7 Å². The lowest BCUT2D eigenvalue weighted by atomic mass is 10.0. The van der Waals surface area contributed by atoms with E-state index in [0.717, 1.165) is 51.4 Å². The molecule has 0 aliphatic rings. The first-order chi connectivity index (χ1) is 26.0. The summed E-state index contributed by atoms with van der Waals surface area (Å²) in [5.41, 5.74) is 0. The average molecular weight is 780 g/mol. The maximum Gasteiger partial charge on any atom is 0.306 e. The van der Waals surface area contributed by atoms with Gasteiger partial charge < -0.3 is 27.9 Å². The van der Waals surface area contributed by atoms with Crippen LogP contribution >= 0.6 is 7.82 Å². The molecular formula is C44H78NO8P. The first-order valence-electron chi connectivity index (χ1n) is 21.0. The molecule has 2 atom stereocenters. The van der Waals surface area contributed by atoms with Crippen molar-refractivity contribution < 1.29 is 42.1 Å². The number of quaternary nitrogens is 1. The van der Waals surface area contributed by atoms with Crippen molar-refractivity contribution in [3.63, 3.8) is 0 Å². The summed E-state index contributed by atoms with van der Waals surface area (Å²) in [6, 6.07) is 0. The van der Waals surface area contributed by atoms with Crippen LogP contribution in [0.5, 0.6) is 0 Å². The number of likely N-dealkylation sites (N-methyl/N-ethyl adjacent to an activating group) is 1. The molecule has 0 bridgehead atoms. The number of ether oxygens (including phenoxy) is 2. The van der Waals surface area contributed by atoms with Crippen LogP contribution in [0.2, 0.25) is 0 Å². The van der Waals surface area contributed by atoms with Crippen molar-refractivity contribution in [2.24, 2.45) is 0 Å². The van der Waals surface area contributed by atoms with Gasteiger partial charge in [0.1, 0.15) is 19.8 Å². The van der Waals surface area contributed by atoms with Gasteiger partial charge >= 0.3 is 5.97 Å². The smallest absolute Gasteiger partial charge is 0.306 e. The molecule has 0 aliphatic carbocycles. The molecule has 0 aromatic carbocycles. The second-order valence-electron chi connectivity index (χ2n) is 15.1. The molecule has 0 rings (SSSR count). The zero-order valence-corrected chi connectivity index (χ0v) is 35.8. The van der Waals surface area contributed by atoms with E-state index in [2.05, 4.69) is 32.1 Å². The fraction of sp³-hybridized carbons (Fsp3) is 0.727. The molecule has 1 unspecified atom stereocenters. The molecule has 0 spiro atoms. The standard InChI is InChI=1S/C44H78NO8P/c1-6-8-10-11-12-13-14-15-16-20-23-26-29-33-38-50-40-43(41-52-54(48,49)51-39-37-45(3,4)5)53-44(47)36-32-28-25-22-19-17-18-21-24-27-31-35-42(46)34-30-9-7-2/h17-18,22,24-25,27,31,33,35,38,43H,6-16,19-21,23,26,28-30,32,34,36-37,39-41H2,1-5H3/b18-17-,25-22-,27-24-,35-31+,38-33+/t43-/m1/s1. The van der Waals surface area contributed by atoms with E-state index in [4.69, 9.17) is 18.5 Å². The van der Waals surface area contributed by atoms with Gasteiger partial charge in [-0.25, -0.2) is 0 Å². The average Bonchev–Trinajstić information content (AvgIpc) is 3.11. The normalized spacial score (nSPS) is 14.3. The molecule has 0 fully saturated rings. The van der Waals surface area contributed by atoms with Gasteiger partial charge in [-0.15, -0.1) is 0 Å². The van der Waals surface area contributed by atoms with Gasteiger partial charge in [0.25, 0.3) is 7.82 Å². The number of phosphoric acid groups is 1. The van der Waals surface area contributed by atoms with Gasteiger partial charge in [0.2, 0.25) is 0 Å². The van der Waals surface area contributed by atoms with Crippen LogP contribution in [0.1, 0.15) is 155 Å². The number of rotatable bonds is 38. The Balaban J connectivity index is 4.48. The molecule has 9 nitrogen and oxygen atoms in total. The third-order valence-corrected chi connectivity index (χ3v) is 9.58. The molecule has 0 N–H and O–H groups in total. The number of carbonyl (C=O) groups excluding carboxylic acids is 2. The molecule has 0 aromatic rings. The predicted octanol–water partition coefficient (Wildman–Crippen LogP) is 11.1. The molecule has 0 radical (unpaired) electrons. The summed E-state index contributed by atoms with van der Waals surface area (Å²) in [5, 5.41) is 0. The molecule has 312 valence electrons. The highest BCUT2D eigenvalue weighted by atomic mass is 31.2. The van der Waals surface area contributed by atoms with Crippen molar-refractivity contribution in [3.05, 3.63) is 60.9 Å². The van der Waals surface area contributed by atoms with Crippen molar-refractivity contribution in [2.75, 3.05) is 47.5 Å². The van der Waals surface area contributed by atoms with E-state index < -0.39 is 19.9 Å². The monoisotopic (exact) mass is 780 g/mol. The largest absolute Gasteiger partial charge is 0.756 e. The molecule has 0 aliphatic heterocycles. The number of ketones is 1. The second kappa shape index (κ2) is 36.4. The fourth-order valence-corrected chi connectivity index (χ4v) is 6.01. The highest BCUT2D eigenvalue weighted by Gasteiger charge is 2.20. The Hall–Kier alpha value is -2.29. The summed E-state index contributed by atoms with van der Waals surface area (Å²) in [4.78, 5) is 36.7. The van der Waals surface area contributed by atoms with Crippen LogP contribution in [0.15, 0.2) is 60.9 Å². The highest BCUT2D eigenvalue weighted by molar-refractivity contribution is 7.45. The summed E-state index contributed by atoms with van der Waals surface area (Å²) in [7, 11) is 1.25. The van der Waals surface area contributed by atoms with Crippen LogP contribution in [0.4, 0.5) is 0 Å². The van der Waals surface area contributed by atoms with E-state index >= 15 is 0 Å². The lowest BCUT2D eigenvalue weighted by molar-refractivity contribution is -0.870. The van der Waals surface area contributed by atoms with E-state index in [1.807, 2.05) is 45.4 Å². The third-order valence-electron chi connectivity index (χ3n) is 8.61. The van der Waals surface area contributed by atoms with Crippen LogP contribution in [0, 0.1) is 0 Å². The number of phosphoric ester groups is 1. The maximum atomic E-state index is 12.6. The van der Waals surface area contributed by atoms with Crippen molar-refractivity contribution in [1.82, 2.24) is 0 Å². The number of nitrogens with zero attached hydrogens (tertiary/aromatic N) is 1. The molecule has 54 heavy (non-hydrogen) atoms. The minimum Gasteiger partial charge on any atom is -0.756 e. The first kappa shape index (κ1) is 51.7. The SMILES string of the molecule is CCCCCCCCCCCCCC/C=C/OC[C@H](COP(=O)([O-])OCC[N+](C)(C)C)OC(=O)CCC/C=C\C/C=C\C/C=C\C=C\C(=O)CCCCC. The highest BCUT2D eigenvalue weighted by Crippen LogP contribution is 2.38. The maximum absolute atomic E-state index is 12.6. The van der Waals surface area contributed by atoms with Crippen LogP contribution < -0.4 is 4.89 Å². The Labute approximate surface area is 330 Å². The van der Waals surface area contributed by atoms with Gasteiger partial charge in [-0.1, -0.05) is 140 Å². The van der Waals surface area contributed by atoms with Gasteiger partial charge in [-0.3, -0.25) is 14.2 Å². The van der Waals surface area contributed by atoms with Crippen molar-refractivity contribution in [2.45, 2.75) is 161 Å². The molecule has 0 heterocycles. The van der Waals surface area contributed by atoms with Gasteiger partial charge in [0.05, 0.1) is 34.0 Å². The predicted molar refractivity (Wildman–Crippen MR) is 222 cm³/mol. The molecule has 0 amide bonds. The van der Waals surface area contributed by atoms with Crippen LogP contribution in [0.3, 0.4) is 0 Å². The summed E-state index contributed by atoms with van der Waals surface area (Å²) in [6.45, 7) is 4.47. The molecule has 10 heteroatoms. The van der Waals surface area contributed by atoms with E-state index in [9.17, 15) is 19.0 Å². The Morgan fingerprint density at radius 3 is 1.87 bits per heavy atom. The second-order valence-corrected chi connectivity index (χ2v) is 16.5. The van der Waals surface area contributed by atoms with E-state index in [0.29, 0.717) is 23.9 Å². The van der Waals surface area contributed by atoms with Crippen molar-refractivity contribution in [1.29, 1.82) is 0 Å². The molecule has 0 saturated heterocycles. The lowest BCUT2D eigenvalue weighted by Gasteiger charge is -2.28. The lowest BCUT2D eigenvalue weighted by Crippen LogP contribution is -2.37. The van der Waals surface area contributed by atoms with E-state index in [1.54, 1.807) is 18.4 Å². The fourth-order valence-electron chi connectivity index (χ4n) is 5.28. The zero-order chi connectivity index (χ0) is 40.0. The minimum atomic E-state index is -4.57. The van der Waals surface area contributed by atoms with Gasteiger partial charge in [0.15, 0.2) is 11.9 Å². The summed E-state index contributed by atoms with van der Waals surface area (Å²) >= 11 is 0. The van der Waals surface area contributed by atoms with E-state index in [-0.39, 0.29) is 32.0 Å². The number of unbranched alkanes of at least 4 members (excludes halogenated alkanes) is 15. The van der Waals surface area contributed by atoms with Crippen molar-refractivity contribution >= 4 is 19.6 Å². The summed E-state index contributed by atoms with van der Waals surface area (Å²) < 4.78 is 34.2. The van der Waals surface area contributed by atoms with Crippen LogP contribution in [-0.4, -0.2) is 69.8 Å². The number of allylic oxidation sites excluding steroid dienone is 9. The Bertz CT molecular complexity index is 1110. The quantitative estimate of drug-likeness (QED) is 0.00890. The summed E-state index contributed by atoms with van der Waals surface area (Å²) in [5.74, 6) is -0.257. The first-order valence-corrected chi connectivity index (χ1v) is 22.5. The topological polar surface area (TPSA) is 111 Å². The number of hydrogen-bond acceptors (Lipinski definition) is 8. The van der Waals surface area contributed by atoms with Gasteiger partial charge in [-0.2, -0.15) is 0 Å². The Morgan fingerprint density at radius 2 is 1.22 bits per heavy atom. The number of carbonyl (C=O) groups is 2. The molecule has 0 saturated carbocycles. The third kappa shape index (κ3) is 39.4. The molecular weight excluding hydrogens is 701 g/mol. The zero-order valence-electron chi connectivity index (χ0n) is 34.9.